The number of amides is 3. The minimum atomic E-state index is -1.24. The number of hydrogen-bond donors (Lipinski definition) is 2. The lowest BCUT2D eigenvalue weighted by molar-refractivity contribution is -0.130. The molecule has 0 aromatic heterocycles. The van der Waals surface area contributed by atoms with Crippen molar-refractivity contribution in [2.75, 3.05) is 10.2 Å². The molecule has 2 aromatic carbocycles. The van der Waals surface area contributed by atoms with Crippen LogP contribution in [0.15, 0.2) is 48.5 Å². The topological polar surface area (TPSA) is 78.5 Å². The molecule has 154 valence electrons. The molecule has 4 unspecified atom stereocenters. The summed E-state index contributed by atoms with van der Waals surface area (Å²) in [6.45, 7) is 4.14. The Balaban J connectivity index is 1.66. The van der Waals surface area contributed by atoms with Gasteiger partial charge in [0.1, 0.15) is 5.54 Å². The lowest BCUT2D eigenvalue weighted by atomic mass is 9.76. The van der Waals surface area contributed by atoms with Crippen LogP contribution in [0.4, 0.5) is 11.4 Å². The van der Waals surface area contributed by atoms with Crippen LogP contribution in [-0.4, -0.2) is 23.8 Å². The molecule has 7 heteroatoms. The number of anilines is 2. The third kappa shape index (κ3) is 2.50. The summed E-state index contributed by atoms with van der Waals surface area (Å²) in [7, 11) is 0. The molecule has 6 nitrogen and oxygen atoms in total. The first kappa shape index (κ1) is 19.3. The predicted molar refractivity (Wildman–Crippen MR) is 114 cm³/mol. The van der Waals surface area contributed by atoms with Crippen LogP contribution in [-0.2, 0) is 19.9 Å². The Labute approximate surface area is 179 Å². The summed E-state index contributed by atoms with van der Waals surface area (Å²) in [6.07, 6.45) is 0.686. The number of fused-ring (bicyclic) bond motifs is 4. The molecular formula is C23H22ClN3O3. The van der Waals surface area contributed by atoms with Crippen LogP contribution in [0.1, 0.15) is 25.8 Å². The van der Waals surface area contributed by atoms with E-state index in [1.165, 1.54) is 4.90 Å². The van der Waals surface area contributed by atoms with E-state index in [9.17, 15) is 14.4 Å². The van der Waals surface area contributed by atoms with E-state index < -0.39 is 17.4 Å². The number of nitrogens with one attached hydrogen (secondary N) is 2. The van der Waals surface area contributed by atoms with Crippen molar-refractivity contribution in [3.63, 3.8) is 0 Å². The zero-order valence-electron chi connectivity index (χ0n) is 16.7. The van der Waals surface area contributed by atoms with E-state index in [1.54, 1.807) is 24.3 Å². The molecule has 2 aromatic rings. The van der Waals surface area contributed by atoms with Crippen molar-refractivity contribution in [3.8, 4) is 0 Å². The highest BCUT2D eigenvalue weighted by Gasteiger charge is 2.70. The minimum absolute atomic E-state index is 0.264. The second-order valence-corrected chi connectivity index (χ2v) is 9.12. The predicted octanol–water partition coefficient (Wildman–Crippen LogP) is 3.31. The second-order valence-electron chi connectivity index (χ2n) is 8.68. The molecule has 4 atom stereocenters. The van der Waals surface area contributed by atoms with Crippen LogP contribution in [0.25, 0.3) is 0 Å². The first-order valence-electron chi connectivity index (χ1n) is 10.2. The Hall–Kier alpha value is -2.70. The summed E-state index contributed by atoms with van der Waals surface area (Å²) in [5.41, 5.74) is 0.655. The van der Waals surface area contributed by atoms with Gasteiger partial charge in [0.2, 0.25) is 17.7 Å². The molecule has 0 aliphatic carbocycles. The number of rotatable bonds is 3. The van der Waals surface area contributed by atoms with Crippen molar-refractivity contribution >= 4 is 40.7 Å². The number of carbonyl (C=O) groups is 3. The van der Waals surface area contributed by atoms with Crippen LogP contribution >= 0.6 is 11.6 Å². The summed E-state index contributed by atoms with van der Waals surface area (Å²) >= 11 is 5.99. The molecule has 5 rings (SSSR count). The van der Waals surface area contributed by atoms with Gasteiger partial charge < -0.3 is 5.32 Å². The van der Waals surface area contributed by atoms with Gasteiger partial charge >= 0.3 is 0 Å². The summed E-state index contributed by atoms with van der Waals surface area (Å²) in [4.78, 5) is 41.7. The van der Waals surface area contributed by atoms with Gasteiger partial charge in [-0.2, -0.15) is 0 Å². The van der Waals surface area contributed by atoms with E-state index in [0.29, 0.717) is 28.7 Å². The van der Waals surface area contributed by atoms with Crippen molar-refractivity contribution in [2.45, 2.75) is 31.8 Å². The normalized spacial score (nSPS) is 29.7. The van der Waals surface area contributed by atoms with E-state index in [2.05, 4.69) is 24.5 Å². The minimum Gasteiger partial charge on any atom is -0.324 e. The molecule has 30 heavy (non-hydrogen) atoms. The Morgan fingerprint density at radius 3 is 2.43 bits per heavy atom. The van der Waals surface area contributed by atoms with Gasteiger partial charge in [0, 0.05) is 22.3 Å². The summed E-state index contributed by atoms with van der Waals surface area (Å²) in [5.74, 6) is -1.99. The number of nitrogens with zero attached hydrogens (tertiary/aromatic N) is 1. The molecule has 3 aliphatic heterocycles. The average molecular weight is 424 g/mol. The SMILES string of the molecule is CC(C)CC1NC2(C(=O)Nc3ccccc32)C2C(=O)N(c3ccc(Cl)cc3)C(=O)C12. The number of hydrogen-bond acceptors (Lipinski definition) is 4. The largest absolute Gasteiger partial charge is 0.324 e. The fraction of sp³-hybridized carbons (Fsp3) is 0.348. The Bertz CT molecular complexity index is 1070. The molecule has 2 saturated heterocycles. The molecule has 3 heterocycles. The van der Waals surface area contributed by atoms with E-state index in [-0.39, 0.29) is 23.8 Å². The van der Waals surface area contributed by atoms with Crippen LogP contribution < -0.4 is 15.5 Å². The summed E-state index contributed by atoms with van der Waals surface area (Å²) in [5, 5.41) is 6.89. The number of carbonyl (C=O) groups excluding carboxylic acids is 3. The molecule has 0 bridgehead atoms. The molecule has 2 fully saturated rings. The van der Waals surface area contributed by atoms with Crippen LogP contribution in [0.5, 0.6) is 0 Å². The Morgan fingerprint density at radius 2 is 1.73 bits per heavy atom. The van der Waals surface area contributed by atoms with Gasteiger partial charge in [0.15, 0.2) is 0 Å². The van der Waals surface area contributed by atoms with Crippen molar-refractivity contribution in [3.05, 3.63) is 59.1 Å². The third-order valence-corrected chi connectivity index (χ3v) is 6.68. The van der Waals surface area contributed by atoms with Crippen molar-refractivity contribution in [2.24, 2.45) is 17.8 Å². The van der Waals surface area contributed by atoms with E-state index in [4.69, 9.17) is 11.6 Å². The Morgan fingerprint density at radius 1 is 1.03 bits per heavy atom. The van der Waals surface area contributed by atoms with Gasteiger partial charge in [-0.15, -0.1) is 0 Å². The number of benzene rings is 2. The number of para-hydroxylation sites is 1. The molecule has 3 amide bonds. The molecule has 2 N–H and O–H groups in total. The average Bonchev–Trinajstić information content (AvgIpc) is 3.27. The smallest absolute Gasteiger partial charge is 0.250 e. The van der Waals surface area contributed by atoms with E-state index in [1.807, 2.05) is 24.3 Å². The van der Waals surface area contributed by atoms with Gasteiger partial charge in [0.05, 0.1) is 17.5 Å². The number of imide groups is 1. The van der Waals surface area contributed by atoms with Gasteiger partial charge in [-0.3, -0.25) is 19.7 Å². The first-order valence-corrected chi connectivity index (χ1v) is 10.5. The lowest BCUT2D eigenvalue weighted by Gasteiger charge is -2.29. The van der Waals surface area contributed by atoms with E-state index >= 15 is 0 Å². The number of halogens is 1. The highest BCUT2D eigenvalue weighted by molar-refractivity contribution is 6.31. The molecular weight excluding hydrogens is 402 g/mol. The van der Waals surface area contributed by atoms with Gasteiger partial charge in [0.25, 0.3) is 0 Å². The maximum absolute atomic E-state index is 13.7. The van der Waals surface area contributed by atoms with Crippen molar-refractivity contribution in [1.29, 1.82) is 0 Å². The zero-order chi connectivity index (χ0) is 21.2. The molecule has 0 radical (unpaired) electrons. The molecule has 0 saturated carbocycles. The highest BCUT2D eigenvalue weighted by Crippen LogP contribution is 2.54. The maximum atomic E-state index is 13.7. The monoisotopic (exact) mass is 423 g/mol. The fourth-order valence-electron chi connectivity index (χ4n) is 5.31. The molecule has 1 spiro atoms. The van der Waals surface area contributed by atoms with Crippen molar-refractivity contribution < 1.29 is 14.4 Å². The standard InChI is InChI=1S/C23H22ClN3O3/c1-12(2)11-17-18-19(21(29)27(20(18)28)14-9-7-13(24)8-10-14)23(26-17)15-5-3-4-6-16(15)25-22(23)30/h3-10,12,17-19,26H,11H2,1-2H3,(H,25,30). The quantitative estimate of drug-likeness (QED) is 0.742. The van der Waals surface area contributed by atoms with Gasteiger partial charge in [-0.05, 0) is 42.7 Å². The summed E-state index contributed by atoms with van der Waals surface area (Å²) < 4.78 is 0. The Kier molecular flexibility index (Phi) is 4.27. The summed E-state index contributed by atoms with van der Waals surface area (Å²) in [6, 6.07) is 13.7. The van der Waals surface area contributed by atoms with Crippen LogP contribution in [0.3, 0.4) is 0 Å². The van der Waals surface area contributed by atoms with Gasteiger partial charge in [-0.1, -0.05) is 43.6 Å². The van der Waals surface area contributed by atoms with Gasteiger partial charge in [-0.25, -0.2) is 4.90 Å². The van der Waals surface area contributed by atoms with Crippen LogP contribution in [0, 0.1) is 17.8 Å². The zero-order valence-corrected chi connectivity index (χ0v) is 17.4. The lowest BCUT2D eigenvalue weighted by Crippen LogP contribution is -2.53. The second kappa shape index (κ2) is 6.65. The third-order valence-electron chi connectivity index (χ3n) is 6.43. The van der Waals surface area contributed by atoms with Crippen LogP contribution in [0.2, 0.25) is 5.02 Å². The molecule has 3 aliphatic rings. The van der Waals surface area contributed by atoms with Crippen molar-refractivity contribution in [1.82, 2.24) is 5.32 Å². The highest BCUT2D eigenvalue weighted by atomic mass is 35.5. The maximum Gasteiger partial charge on any atom is 0.250 e. The fourth-order valence-corrected chi connectivity index (χ4v) is 5.44. The first-order chi connectivity index (χ1) is 14.3. The van der Waals surface area contributed by atoms with E-state index in [0.717, 1.165) is 5.56 Å².